The Morgan fingerprint density at radius 3 is 2.47 bits per heavy atom. The maximum Gasteiger partial charge on any atom is 0.311 e. The zero-order valence-corrected chi connectivity index (χ0v) is 11.1. The van der Waals surface area contributed by atoms with Gasteiger partial charge in [-0.1, -0.05) is 26.2 Å². The summed E-state index contributed by atoms with van der Waals surface area (Å²) in [4.78, 5) is 13.4. The molecule has 0 saturated carbocycles. The standard InChI is InChI=1S/C10H20N2.ClNO3/c1-3-4-5-6-7-12-9-8-11(2)10-12;1-5-2(3)4/h8-9H,3-7,10H2,1-2H3;. The van der Waals surface area contributed by atoms with Gasteiger partial charge in [0.1, 0.15) is 11.9 Å². The summed E-state index contributed by atoms with van der Waals surface area (Å²) in [6.07, 6.45) is 9.76. The van der Waals surface area contributed by atoms with Gasteiger partial charge in [0.15, 0.2) is 0 Å². The highest BCUT2D eigenvalue weighted by molar-refractivity contribution is 6.06. The van der Waals surface area contributed by atoms with Crippen molar-refractivity contribution in [3.63, 3.8) is 0 Å². The van der Waals surface area contributed by atoms with E-state index in [-0.39, 0.29) is 0 Å². The predicted octanol–water partition coefficient (Wildman–Crippen LogP) is 2.59. The minimum atomic E-state index is -1.11. The molecule has 0 bridgehead atoms. The van der Waals surface area contributed by atoms with E-state index in [1.165, 1.54) is 32.2 Å². The van der Waals surface area contributed by atoms with E-state index in [2.05, 4.69) is 52.4 Å². The lowest BCUT2D eigenvalue weighted by atomic mass is 10.2. The Balaban J connectivity index is 0.000000437. The smallest absolute Gasteiger partial charge is 0.311 e. The maximum atomic E-state index is 8.82. The van der Waals surface area contributed by atoms with Crippen LogP contribution in [0.2, 0.25) is 0 Å². The van der Waals surface area contributed by atoms with Crippen molar-refractivity contribution in [1.82, 2.24) is 9.80 Å². The molecule has 1 rings (SSSR count). The Kier molecular flexibility index (Phi) is 9.33. The van der Waals surface area contributed by atoms with Crippen LogP contribution in [0.15, 0.2) is 12.4 Å². The van der Waals surface area contributed by atoms with Gasteiger partial charge in [-0.05, 0) is 6.42 Å². The molecule has 0 atom stereocenters. The van der Waals surface area contributed by atoms with Gasteiger partial charge in [-0.15, -0.1) is 10.1 Å². The second-order valence-corrected chi connectivity index (χ2v) is 4.00. The summed E-state index contributed by atoms with van der Waals surface area (Å²) in [5.74, 6) is 0. The second-order valence-electron chi connectivity index (χ2n) is 3.86. The number of hydrogen-bond donors (Lipinski definition) is 0. The molecular weight excluding hydrogens is 246 g/mol. The van der Waals surface area contributed by atoms with Crippen LogP contribution in [0, 0.1) is 10.1 Å². The van der Waals surface area contributed by atoms with Gasteiger partial charge in [-0.25, -0.2) is 0 Å². The maximum absolute atomic E-state index is 8.82. The van der Waals surface area contributed by atoms with Crippen molar-refractivity contribution in [3.05, 3.63) is 22.5 Å². The third kappa shape index (κ3) is 9.74. The van der Waals surface area contributed by atoms with E-state index in [4.69, 9.17) is 10.1 Å². The van der Waals surface area contributed by atoms with E-state index in [0.29, 0.717) is 0 Å². The molecule has 0 radical (unpaired) electrons. The van der Waals surface area contributed by atoms with Gasteiger partial charge in [0.05, 0.1) is 6.67 Å². The molecule has 1 heterocycles. The molecule has 0 saturated heterocycles. The van der Waals surface area contributed by atoms with Crippen LogP contribution < -0.4 is 0 Å². The summed E-state index contributed by atoms with van der Waals surface area (Å²) in [5, 5.41) is 7.71. The van der Waals surface area contributed by atoms with Crippen molar-refractivity contribution in [2.45, 2.75) is 32.6 Å². The fourth-order valence-electron chi connectivity index (χ4n) is 1.48. The largest absolute Gasteiger partial charge is 0.362 e. The number of unbranched alkanes of at least 4 members (excludes halogenated alkanes) is 3. The average molecular weight is 266 g/mol. The lowest BCUT2D eigenvalue weighted by molar-refractivity contribution is -0.714. The van der Waals surface area contributed by atoms with Crippen molar-refractivity contribution in [3.8, 4) is 0 Å². The highest BCUT2D eigenvalue weighted by atomic mass is 35.5. The topological polar surface area (TPSA) is 58.9 Å². The summed E-state index contributed by atoms with van der Waals surface area (Å²) in [6, 6.07) is 0. The minimum Gasteiger partial charge on any atom is -0.362 e. The van der Waals surface area contributed by atoms with E-state index in [9.17, 15) is 0 Å². The van der Waals surface area contributed by atoms with Crippen LogP contribution in [0.3, 0.4) is 0 Å². The van der Waals surface area contributed by atoms with Crippen LogP contribution in [0.4, 0.5) is 0 Å². The van der Waals surface area contributed by atoms with E-state index < -0.39 is 5.09 Å². The molecule has 0 N–H and O–H groups in total. The monoisotopic (exact) mass is 265 g/mol. The summed E-state index contributed by atoms with van der Waals surface area (Å²) in [5.41, 5.74) is 0. The first-order valence-electron chi connectivity index (χ1n) is 5.65. The number of nitrogens with zero attached hydrogens (tertiary/aromatic N) is 3. The number of hydrogen-bond acceptors (Lipinski definition) is 5. The summed E-state index contributed by atoms with van der Waals surface area (Å²) in [7, 11) is 2.11. The first-order valence-corrected chi connectivity index (χ1v) is 5.96. The fourth-order valence-corrected chi connectivity index (χ4v) is 1.48. The molecule has 0 spiro atoms. The molecule has 0 aromatic carbocycles. The molecule has 1 aliphatic rings. The molecule has 100 valence electrons. The van der Waals surface area contributed by atoms with E-state index in [1.54, 1.807) is 0 Å². The molecule has 1 aliphatic heterocycles. The highest BCUT2D eigenvalue weighted by Gasteiger charge is 2.06. The molecule has 6 nitrogen and oxygen atoms in total. The summed E-state index contributed by atoms with van der Waals surface area (Å²) < 4.78 is 2.94. The quantitative estimate of drug-likeness (QED) is 0.420. The zero-order valence-electron chi connectivity index (χ0n) is 10.3. The molecule has 7 heteroatoms. The van der Waals surface area contributed by atoms with Crippen LogP contribution in [0.25, 0.3) is 0 Å². The number of rotatable bonds is 6. The van der Waals surface area contributed by atoms with E-state index >= 15 is 0 Å². The molecule has 0 amide bonds. The highest BCUT2D eigenvalue weighted by Crippen LogP contribution is 2.06. The Morgan fingerprint density at radius 2 is 2.06 bits per heavy atom. The Bertz CT molecular complexity index is 239. The minimum absolute atomic E-state index is 1.08. The van der Waals surface area contributed by atoms with Crippen molar-refractivity contribution in [2.75, 3.05) is 20.3 Å². The molecule has 0 aromatic rings. The summed E-state index contributed by atoms with van der Waals surface area (Å²) >= 11 is 4.14. The summed E-state index contributed by atoms with van der Waals surface area (Å²) in [6.45, 7) is 4.55. The van der Waals surface area contributed by atoms with E-state index in [0.717, 1.165) is 6.67 Å². The van der Waals surface area contributed by atoms with Gasteiger partial charge in [-0.3, -0.25) is 0 Å². The van der Waals surface area contributed by atoms with Crippen LogP contribution >= 0.6 is 11.9 Å². The lowest BCUT2D eigenvalue weighted by Crippen LogP contribution is -2.23. The molecule has 0 aromatic heterocycles. The normalized spacial score (nSPS) is 13.4. The van der Waals surface area contributed by atoms with Gasteiger partial charge >= 0.3 is 5.09 Å². The van der Waals surface area contributed by atoms with E-state index in [1.807, 2.05) is 0 Å². The SMILES string of the molecule is CCCCCCN1C=CN(C)C1.O=[N+]([O-])OCl. The molecular formula is C10H20ClN3O3. The first-order chi connectivity index (χ1) is 8.10. The predicted molar refractivity (Wildman–Crippen MR) is 66.6 cm³/mol. The molecule has 0 fully saturated rings. The van der Waals surface area contributed by atoms with Gasteiger partial charge < -0.3 is 9.80 Å². The number of halogens is 1. The van der Waals surface area contributed by atoms with Crippen molar-refractivity contribution >= 4 is 11.9 Å². The van der Waals surface area contributed by atoms with Gasteiger partial charge in [-0.2, -0.15) is 4.39 Å². The second kappa shape index (κ2) is 10.0. The molecule has 0 aliphatic carbocycles. The Labute approximate surface area is 107 Å². The van der Waals surface area contributed by atoms with Gasteiger partial charge in [0.25, 0.3) is 0 Å². The molecule has 17 heavy (non-hydrogen) atoms. The van der Waals surface area contributed by atoms with Crippen LogP contribution in [-0.4, -0.2) is 35.1 Å². The van der Waals surface area contributed by atoms with Gasteiger partial charge in [0.2, 0.25) is 0 Å². The van der Waals surface area contributed by atoms with Crippen molar-refractivity contribution < 1.29 is 9.48 Å². The lowest BCUT2D eigenvalue weighted by Gasteiger charge is -2.17. The zero-order chi connectivity index (χ0) is 13.1. The van der Waals surface area contributed by atoms with Crippen LogP contribution in [0.5, 0.6) is 0 Å². The fraction of sp³-hybridized carbons (Fsp3) is 0.800. The van der Waals surface area contributed by atoms with Crippen LogP contribution in [-0.2, 0) is 4.39 Å². The first kappa shape index (κ1) is 15.8. The molecule has 0 unspecified atom stereocenters. The van der Waals surface area contributed by atoms with Crippen LogP contribution in [0.1, 0.15) is 32.6 Å². The van der Waals surface area contributed by atoms with Crippen molar-refractivity contribution in [1.29, 1.82) is 0 Å². The Morgan fingerprint density at radius 1 is 1.41 bits per heavy atom. The third-order valence-corrected chi connectivity index (χ3v) is 2.40. The van der Waals surface area contributed by atoms with Crippen molar-refractivity contribution in [2.24, 2.45) is 0 Å². The third-order valence-electron chi connectivity index (χ3n) is 2.29. The Hall–Kier alpha value is -1.17. The average Bonchev–Trinajstić information content (AvgIpc) is 2.71. The van der Waals surface area contributed by atoms with Gasteiger partial charge in [0, 0.05) is 26.0 Å².